The van der Waals surface area contributed by atoms with Gasteiger partial charge < -0.3 is 19.6 Å². The molecule has 1 aromatic rings. The molecule has 8 nitrogen and oxygen atoms in total. The maximum Gasteiger partial charge on any atom is 0.410 e. The molecular weight excluding hydrogens is 376 g/mol. The summed E-state index contributed by atoms with van der Waals surface area (Å²) in [6, 6.07) is 3.25. The van der Waals surface area contributed by atoms with E-state index in [-0.39, 0.29) is 29.5 Å². The fourth-order valence-electron chi connectivity index (χ4n) is 3.08. The molecule has 0 radical (unpaired) electrons. The molecule has 1 N–H and O–H groups in total. The topological polar surface area (TPSA) is 96.1 Å². The van der Waals surface area contributed by atoms with Gasteiger partial charge in [0.15, 0.2) is 0 Å². The number of carbonyl (C=O) groups excluding carboxylic acids is 1. The van der Waals surface area contributed by atoms with Gasteiger partial charge in [-0.05, 0) is 33.8 Å². The van der Waals surface area contributed by atoms with Gasteiger partial charge in [-0.25, -0.2) is 13.6 Å². The van der Waals surface area contributed by atoms with E-state index in [0.29, 0.717) is 13.1 Å². The van der Waals surface area contributed by atoms with Gasteiger partial charge in [0.1, 0.15) is 11.7 Å². The molecule has 28 heavy (non-hydrogen) atoms. The van der Waals surface area contributed by atoms with Crippen LogP contribution in [0.2, 0.25) is 0 Å². The summed E-state index contributed by atoms with van der Waals surface area (Å²) in [6.07, 6.45) is -5.69. The van der Waals surface area contributed by atoms with Gasteiger partial charge in [0.2, 0.25) is 0 Å². The molecule has 1 fully saturated rings. The molecular formula is C18H25F2N3O5. The monoisotopic (exact) mass is 401 g/mol. The van der Waals surface area contributed by atoms with Gasteiger partial charge in [0, 0.05) is 49.1 Å². The average molecular weight is 401 g/mol. The fourth-order valence-corrected chi connectivity index (χ4v) is 3.08. The van der Waals surface area contributed by atoms with Gasteiger partial charge in [0.05, 0.1) is 4.92 Å². The summed E-state index contributed by atoms with van der Waals surface area (Å²) in [4.78, 5) is 25.9. The van der Waals surface area contributed by atoms with E-state index in [9.17, 15) is 28.8 Å². The Morgan fingerprint density at radius 2 is 2.00 bits per heavy atom. The van der Waals surface area contributed by atoms with Crippen LogP contribution in [0.15, 0.2) is 18.2 Å². The van der Waals surface area contributed by atoms with Crippen LogP contribution in [0, 0.1) is 10.1 Å². The van der Waals surface area contributed by atoms with Gasteiger partial charge in [-0.1, -0.05) is 0 Å². The molecule has 2 atom stereocenters. The van der Waals surface area contributed by atoms with E-state index < -0.39 is 29.1 Å². The highest BCUT2D eigenvalue weighted by atomic mass is 19.3. The number of nitro benzene ring substituents is 1. The van der Waals surface area contributed by atoms with Crippen molar-refractivity contribution in [3.05, 3.63) is 33.9 Å². The Bertz CT molecular complexity index is 738. The smallest absolute Gasteiger partial charge is 0.410 e. The van der Waals surface area contributed by atoms with Gasteiger partial charge in [-0.15, -0.1) is 0 Å². The van der Waals surface area contributed by atoms with Crippen LogP contribution in [0.3, 0.4) is 0 Å². The van der Waals surface area contributed by atoms with Crippen LogP contribution in [0.5, 0.6) is 0 Å². The maximum absolute atomic E-state index is 13.1. The Kier molecular flexibility index (Phi) is 6.43. The van der Waals surface area contributed by atoms with Crippen molar-refractivity contribution in [2.24, 2.45) is 0 Å². The van der Waals surface area contributed by atoms with E-state index in [1.807, 2.05) is 0 Å². The number of nitrogens with zero attached hydrogens (tertiary/aromatic N) is 3. The van der Waals surface area contributed by atoms with Crippen LogP contribution in [-0.2, 0) is 4.74 Å². The first-order valence-electron chi connectivity index (χ1n) is 8.90. The second-order valence-corrected chi connectivity index (χ2v) is 7.75. The van der Waals surface area contributed by atoms with Crippen LogP contribution in [0.1, 0.15) is 39.4 Å². The standard InChI is InChI=1S/C18H25F2N3O5/c1-11-10-21(7-8-22(11)17(25)28-18(2,3)4)14-6-5-12(23(26)27)9-13(14)15(24)16(19)20/h5-6,9,11,15-16,24H,7-8,10H2,1-4H3/t11-,15?/m1/s1. The predicted octanol–water partition coefficient (Wildman–Crippen LogP) is 3.34. The molecule has 1 aliphatic heterocycles. The molecule has 10 heteroatoms. The van der Waals surface area contributed by atoms with Crippen molar-refractivity contribution in [1.82, 2.24) is 4.90 Å². The summed E-state index contributed by atoms with van der Waals surface area (Å²) in [5.74, 6) is 0. The number of non-ortho nitro benzene ring substituents is 1. The molecule has 0 spiro atoms. The number of nitro groups is 1. The number of alkyl halides is 2. The Balaban J connectivity index is 2.25. The lowest BCUT2D eigenvalue weighted by atomic mass is 10.0. The van der Waals surface area contributed by atoms with Crippen molar-refractivity contribution in [2.75, 3.05) is 24.5 Å². The lowest BCUT2D eigenvalue weighted by Gasteiger charge is -2.42. The number of benzene rings is 1. The summed E-state index contributed by atoms with van der Waals surface area (Å²) in [7, 11) is 0. The van der Waals surface area contributed by atoms with E-state index in [1.54, 1.807) is 37.5 Å². The summed E-state index contributed by atoms with van der Waals surface area (Å²) >= 11 is 0. The molecule has 2 rings (SSSR count). The van der Waals surface area contributed by atoms with Crippen LogP contribution in [0.4, 0.5) is 25.0 Å². The molecule has 0 bridgehead atoms. The summed E-state index contributed by atoms with van der Waals surface area (Å²) in [5, 5.41) is 20.8. The predicted molar refractivity (Wildman–Crippen MR) is 98.7 cm³/mol. The maximum atomic E-state index is 13.1. The zero-order valence-corrected chi connectivity index (χ0v) is 16.3. The molecule has 1 aliphatic rings. The number of ether oxygens (including phenoxy) is 1. The largest absolute Gasteiger partial charge is 0.444 e. The molecule has 1 saturated heterocycles. The van der Waals surface area contributed by atoms with Crippen molar-refractivity contribution in [3.8, 4) is 0 Å². The average Bonchev–Trinajstić information content (AvgIpc) is 2.58. The number of piperazine rings is 1. The molecule has 0 aliphatic carbocycles. The Hall–Kier alpha value is -2.49. The number of carbonyl (C=O) groups is 1. The van der Waals surface area contributed by atoms with E-state index in [4.69, 9.17) is 4.74 Å². The van der Waals surface area contributed by atoms with Crippen LogP contribution < -0.4 is 4.90 Å². The third-order valence-corrected chi connectivity index (χ3v) is 4.38. The lowest BCUT2D eigenvalue weighted by Crippen LogP contribution is -2.55. The first kappa shape index (κ1) is 21.8. The normalized spacial score (nSPS) is 18.9. The van der Waals surface area contributed by atoms with E-state index >= 15 is 0 Å². The van der Waals surface area contributed by atoms with Crippen molar-refractivity contribution >= 4 is 17.5 Å². The number of rotatable bonds is 4. The number of amides is 1. The number of halogens is 2. The molecule has 1 heterocycles. The SMILES string of the molecule is C[C@@H]1CN(c2ccc([N+](=O)[O-])cc2C(O)C(F)F)CCN1C(=O)OC(C)(C)C. The number of anilines is 1. The van der Waals surface area contributed by atoms with Crippen LogP contribution >= 0.6 is 0 Å². The van der Waals surface area contributed by atoms with Crippen molar-refractivity contribution < 1.29 is 28.3 Å². The van der Waals surface area contributed by atoms with Crippen molar-refractivity contribution in [3.63, 3.8) is 0 Å². The number of aliphatic hydroxyl groups excluding tert-OH is 1. The number of hydrogen-bond acceptors (Lipinski definition) is 6. The molecule has 1 amide bonds. The molecule has 156 valence electrons. The van der Waals surface area contributed by atoms with Crippen LogP contribution in [0.25, 0.3) is 0 Å². The molecule has 1 aromatic carbocycles. The zero-order valence-electron chi connectivity index (χ0n) is 16.3. The second kappa shape index (κ2) is 8.26. The third-order valence-electron chi connectivity index (χ3n) is 4.38. The van der Waals surface area contributed by atoms with Crippen molar-refractivity contribution in [1.29, 1.82) is 0 Å². The zero-order chi connectivity index (χ0) is 21.2. The number of aliphatic hydroxyl groups is 1. The fraction of sp³-hybridized carbons (Fsp3) is 0.611. The van der Waals surface area contributed by atoms with E-state index in [2.05, 4.69) is 0 Å². The lowest BCUT2D eigenvalue weighted by molar-refractivity contribution is -0.385. The Labute approximate surface area is 161 Å². The highest BCUT2D eigenvalue weighted by Crippen LogP contribution is 2.34. The van der Waals surface area contributed by atoms with Crippen molar-refractivity contribution in [2.45, 2.75) is 51.9 Å². The minimum absolute atomic E-state index is 0.206. The molecule has 0 saturated carbocycles. The summed E-state index contributed by atoms with van der Waals surface area (Å²) in [5.41, 5.74) is -0.934. The Morgan fingerprint density at radius 3 is 2.50 bits per heavy atom. The van der Waals surface area contributed by atoms with Crippen LogP contribution in [-0.4, -0.2) is 58.7 Å². The first-order valence-corrected chi connectivity index (χ1v) is 8.90. The summed E-state index contributed by atoms with van der Waals surface area (Å²) in [6.45, 7) is 7.99. The molecule has 1 unspecified atom stereocenters. The Morgan fingerprint density at radius 1 is 1.36 bits per heavy atom. The second-order valence-electron chi connectivity index (χ2n) is 7.75. The molecule has 0 aromatic heterocycles. The highest BCUT2D eigenvalue weighted by molar-refractivity contribution is 5.69. The van der Waals surface area contributed by atoms with E-state index in [0.717, 1.165) is 6.07 Å². The number of hydrogen-bond donors (Lipinski definition) is 1. The van der Waals surface area contributed by atoms with Gasteiger partial charge >= 0.3 is 6.09 Å². The minimum atomic E-state index is -3.08. The van der Waals surface area contributed by atoms with Gasteiger partial charge in [-0.2, -0.15) is 0 Å². The summed E-state index contributed by atoms with van der Waals surface area (Å²) < 4.78 is 31.6. The van der Waals surface area contributed by atoms with E-state index in [1.165, 1.54) is 12.1 Å². The highest BCUT2D eigenvalue weighted by Gasteiger charge is 2.33. The van der Waals surface area contributed by atoms with Gasteiger partial charge in [-0.3, -0.25) is 10.1 Å². The van der Waals surface area contributed by atoms with Gasteiger partial charge in [0.25, 0.3) is 12.1 Å². The quantitative estimate of drug-likeness (QED) is 0.614. The third kappa shape index (κ3) is 5.06. The first-order chi connectivity index (χ1) is 12.9. The minimum Gasteiger partial charge on any atom is -0.444 e.